The van der Waals surface area contributed by atoms with Crippen LogP contribution >= 0.6 is 34.5 Å². The first kappa shape index (κ1) is 24.5. The largest absolute Gasteiger partial charge is 0.442 e. The highest BCUT2D eigenvalue weighted by Gasteiger charge is 2.34. The van der Waals surface area contributed by atoms with Crippen molar-refractivity contribution in [1.29, 1.82) is 0 Å². The third-order valence-corrected chi connectivity index (χ3v) is 6.99. The van der Waals surface area contributed by atoms with Crippen LogP contribution in [0, 0.1) is 15.9 Å². The number of anilines is 2. The van der Waals surface area contributed by atoms with E-state index in [4.69, 9.17) is 27.9 Å². The lowest BCUT2D eigenvalue weighted by Crippen LogP contribution is -2.46. The molecular weight excluding hydrogens is 512 g/mol. The van der Waals surface area contributed by atoms with E-state index in [1.165, 1.54) is 17.0 Å². The Bertz CT molecular complexity index is 1100. The molecule has 2 aliphatic heterocycles. The van der Waals surface area contributed by atoms with Crippen molar-refractivity contribution in [3.63, 3.8) is 0 Å². The number of carbonyl (C=O) groups excluding carboxylic acids is 2. The van der Waals surface area contributed by atoms with Gasteiger partial charge in [-0.2, -0.15) is 0 Å². The summed E-state index contributed by atoms with van der Waals surface area (Å²) < 4.78 is 20.5. The van der Waals surface area contributed by atoms with Crippen LogP contribution < -0.4 is 20.4 Å². The molecule has 0 radical (unpaired) electrons. The number of amides is 2. The maximum atomic E-state index is 15.3. The number of halogens is 3. The van der Waals surface area contributed by atoms with Crippen LogP contribution in [-0.4, -0.2) is 60.6 Å². The molecule has 0 bridgehead atoms. The van der Waals surface area contributed by atoms with E-state index in [2.05, 4.69) is 10.6 Å². The number of hydrogen-bond acceptors (Lipinski definition) is 8. The summed E-state index contributed by atoms with van der Waals surface area (Å²) in [5, 5.41) is 17.5. The van der Waals surface area contributed by atoms with E-state index in [-0.39, 0.29) is 24.1 Å². The molecule has 34 heavy (non-hydrogen) atoms. The van der Waals surface area contributed by atoms with Gasteiger partial charge >= 0.3 is 11.1 Å². The molecule has 10 nitrogen and oxygen atoms in total. The first-order chi connectivity index (χ1) is 16.2. The van der Waals surface area contributed by atoms with Gasteiger partial charge in [-0.1, -0.05) is 29.3 Å². The van der Waals surface area contributed by atoms with Gasteiger partial charge in [0.05, 0.1) is 34.7 Å². The van der Waals surface area contributed by atoms with Crippen LogP contribution in [0.5, 0.6) is 0 Å². The molecule has 4 rings (SSSR count). The zero-order chi connectivity index (χ0) is 24.4. The molecule has 3 heterocycles. The van der Waals surface area contributed by atoms with Gasteiger partial charge in [-0.25, -0.2) is 9.18 Å². The van der Waals surface area contributed by atoms with Gasteiger partial charge in [0.15, 0.2) is 4.84 Å². The fraction of sp³-hybridized carbons (Fsp3) is 0.400. The molecule has 0 saturated carbocycles. The molecule has 2 atom stereocenters. The van der Waals surface area contributed by atoms with Crippen LogP contribution in [0.1, 0.15) is 11.6 Å². The van der Waals surface area contributed by atoms with Gasteiger partial charge in [0.25, 0.3) is 5.91 Å². The number of alkyl halides is 2. The van der Waals surface area contributed by atoms with Gasteiger partial charge in [0.1, 0.15) is 11.9 Å². The second kappa shape index (κ2) is 10.3. The normalized spacial score (nSPS) is 20.5. The molecule has 2 N–H and O–H groups in total. The maximum absolute atomic E-state index is 15.3. The van der Waals surface area contributed by atoms with Crippen LogP contribution in [0.25, 0.3) is 0 Å². The van der Waals surface area contributed by atoms with Crippen molar-refractivity contribution in [3.05, 3.63) is 51.8 Å². The van der Waals surface area contributed by atoms with E-state index in [1.807, 2.05) is 4.90 Å². The number of nitrogens with zero attached hydrogens (tertiary/aromatic N) is 3. The van der Waals surface area contributed by atoms with Crippen molar-refractivity contribution in [1.82, 2.24) is 10.6 Å². The maximum Gasteiger partial charge on any atom is 0.414 e. The number of carbonyl (C=O) groups is 2. The van der Waals surface area contributed by atoms with E-state index in [0.717, 1.165) is 11.3 Å². The third-order valence-electron chi connectivity index (χ3n) is 5.51. The monoisotopic (exact) mass is 531 g/mol. The molecule has 2 aliphatic rings. The van der Waals surface area contributed by atoms with Gasteiger partial charge in [-0.15, -0.1) is 0 Å². The SMILES string of the molecule is O=C(NC[C@H]1CN(c2ccc(C3CNCCN3c3ccc([N+](=O)[O-])s3)c(F)c2)C(=O)O1)C(Cl)Cl. The average molecular weight is 532 g/mol. The van der Waals surface area contributed by atoms with Gasteiger partial charge in [0, 0.05) is 31.3 Å². The van der Waals surface area contributed by atoms with Crippen LogP contribution in [0.15, 0.2) is 30.3 Å². The number of hydrogen-bond donors (Lipinski definition) is 2. The molecule has 1 unspecified atom stereocenters. The predicted octanol–water partition coefficient (Wildman–Crippen LogP) is 3.19. The highest BCUT2D eigenvalue weighted by atomic mass is 35.5. The Morgan fingerprint density at radius 2 is 2.18 bits per heavy atom. The Morgan fingerprint density at radius 1 is 1.38 bits per heavy atom. The van der Waals surface area contributed by atoms with Crippen molar-refractivity contribution < 1.29 is 23.6 Å². The molecule has 182 valence electrons. The molecular formula is C20H20Cl2FN5O5S. The number of thiophene rings is 1. The summed E-state index contributed by atoms with van der Waals surface area (Å²) in [6.07, 6.45) is -1.30. The molecule has 2 fully saturated rings. The minimum atomic E-state index is -1.23. The summed E-state index contributed by atoms with van der Waals surface area (Å²) in [7, 11) is 0. The molecule has 2 amide bonds. The Morgan fingerprint density at radius 3 is 2.85 bits per heavy atom. The van der Waals surface area contributed by atoms with E-state index in [0.29, 0.717) is 35.9 Å². The molecule has 1 aromatic carbocycles. The minimum Gasteiger partial charge on any atom is -0.442 e. The Hall–Kier alpha value is -2.67. The number of nitro groups is 1. The zero-order valence-electron chi connectivity index (χ0n) is 17.6. The highest BCUT2D eigenvalue weighted by molar-refractivity contribution is 7.19. The summed E-state index contributed by atoms with van der Waals surface area (Å²) in [6.45, 7) is 1.81. The number of ether oxygens (including phenoxy) is 1. The van der Waals surface area contributed by atoms with Crippen molar-refractivity contribution >= 4 is 62.2 Å². The Kier molecular flexibility index (Phi) is 7.41. The summed E-state index contributed by atoms with van der Waals surface area (Å²) in [4.78, 5) is 36.4. The molecule has 1 aromatic heterocycles. The number of nitrogens with one attached hydrogen (secondary N) is 2. The summed E-state index contributed by atoms with van der Waals surface area (Å²) in [6, 6.07) is 7.21. The van der Waals surface area contributed by atoms with Crippen LogP contribution in [0.2, 0.25) is 0 Å². The smallest absolute Gasteiger partial charge is 0.414 e. The molecule has 14 heteroatoms. The number of benzene rings is 1. The van der Waals surface area contributed by atoms with Crippen LogP contribution in [0.3, 0.4) is 0 Å². The van der Waals surface area contributed by atoms with Crippen molar-refractivity contribution in [2.75, 3.05) is 42.5 Å². The van der Waals surface area contributed by atoms with Crippen molar-refractivity contribution in [2.24, 2.45) is 0 Å². The topological polar surface area (TPSA) is 117 Å². The van der Waals surface area contributed by atoms with Crippen LogP contribution in [0.4, 0.5) is 24.9 Å². The van der Waals surface area contributed by atoms with Gasteiger partial charge in [-0.05, 0) is 29.5 Å². The predicted molar refractivity (Wildman–Crippen MR) is 126 cm³/mol. The molecule has 0 spiro atoms. The van der Waals surface area contributed by atoms with E-state index < -0.39 is 33.7 Å². The number of piperazine rings is 1. The van der Waals surface area contributed by atoms with Gasteiger partial charge in [0.2, 0.25) is 0 Å². The first-order valence-electron chi connectivity index (χ1n) is 10.3. The van der Waals surface area contributed by atoms with E-state index >= 15 is 4.39 Å². The first-order valence-corrected chi connectivity index (χ1v) is 12.0. The minimum absolute atomic E-state index is 0.0211. The number of cyclic esters (lactones) is 1. The summed E-state index contributed by atoms with van der Waals surface area (Å²) in [5.41, 5.74) is 0.716. The molecule has 2 saturated heterocycles. The highest BCUT2D eigenvalue weighted by Crippen LogP contribution is 2.38. The summed E-state index contributed by atoms with van der Waals surface area (Å²) >= 11 is 12.0. The zero-order valence-corrected chi connectivity index (χ0v) is 19.9. The summed E-state index contributed by atoms with van der Waals surface area (Å²) in [5.74, 6) is -1.12. The third kappa shape index (κ3) is 5.19. The molecule has 0 aliphatic carbocycles. The van der Waals surface area contributed by atoms with E-state index in [1.54, 1.807) is 18.2 Å². The van der Waals surface area contributed by atoms with Crippen molar-refractivity contribution in [2.45, 2.75) is 17.0 Å². The van der Waals surface area contributed by atoms with E-state index in [9.17, 15) is 19.7 Å². The lowest BCUT2D eigenvalue weighted by molar-refractivity contribution is -0.380. The van der Waals surface area contributed by atoms with Gasteiger partial charge in [-0.3, -0.25) is 19.8 Å². The van der Waals surface area contributed by atoms with Crippen LogP contribution in [-0.2, 0) is 9.53 Å². The van der Waals surface area contributed by atoms with Crippen molar-refractivity contribution in [3.8, 4) is 0 Å². The Balaban J connectivity index is 1.49. The standard InChI is InChI=1S/C20H20Cl2FN5O5S/c21-18(22)19(29)25-8-12-10-27(20(30)33-12)11-1-2-13(14(23)7-11)15-9-24-5-6-26(15)16-3-4-17(34-16)28(31)32/h1-4,7,12,15,18,24H,5-6,8-10H2,(H,25,29)/t12-,15?/m0/s1. The number of rotatable bonds is 7. The Labute approximate surface area is 207 Å². The quantitative estimate of drug-likeness (QED) is 0.320. The fourth-order valence-electron chi connectivity index (χ4n) is 3.90. The molecule has 2 aromatic rings. The lowest BCUT2D eigenvalue weighted by atomic mass is 10.0. The second-order valence-corrected chi connectivity index (χ2v) is 9.79. The average Bonchev–Trinajstić information content (AvgIpc) is 3.44. The lowest BCUT2D eigenvalue weighted by Gasteiger charge is -2.37. The fourth-order valence-corrected chi connectivity index (χ4v) is 4.95. The second-order valence-electron chi connectivity index (χ2n) is 7.65. The van der Waals surface area contributed by atoms with Gasteiger partial charge < -0.3 is 20.3 Å².